The number of alkyl halides is 1. The molecule has 0 radical (unpaired) electrons. The molecule has 1 aliphatic rings. The summed E-state index contributed by atoms with van der Waals surface area (Å²) in [6.07, 6.45) is 4.33. The van der Waals surface area contributed by atoms with Gasteiger partial charge in [0.1, 0.15) is 11.7 Å². The second-order valence-electron chi connectivity index (χ2n) is 5.41. The minimum Gasteiger partial charge on any atom is -0.343 e. The van der Waals surface area contributed by atoms with Crippen molar-refractivity contribution in [1.82, 2.24) is 15.3 Å². The van der Waals surface area contributed by atoms with Crippen LogP contribution < -0.4 is 10.9 Å². The largest absolute Gasteiger partial charge is 0.343 e. The van der Waals surface area contributed by atoms with Crippen LogP contribution in [0.5, 0.6) is 0 Å². The Morgan fingerprint density at radius 3 is 2.80 bits per heavy atom. The number of fused-ring (bicyclic) bond motifs is 1. The van der Waals surface area contributed by atoms with E-state index < -0.39 is 5.54 Å². The van der Waals surface area contributed by atoms with Gasteiger partial charge in [-0.05, 0) is 39.0 Å². The van der Waals surface area contributed by atoms with E-state index in [1.165, 1.54) is 0 Å². The quantitative estimate of drug-likeness (QED) is 0.830. The average Bonchev–Trinajstić information content (AvgIpc) is 2.47. The molecular weight excluding hydrogens is 278 g/mol. The highest BCUT2D eigenvalue weighted by atomic mass is 35.5. The van der Waals surface area contributed by atoms with Crippen molar-refractivity contribution in [3.05, 3.63) is 27.4 Å². The molecule has 0 aliphatic heterocycles. The summed E-state index contributed by atoms with van der Waals surface area (Å²) in [5.74, 6) is 0.144. The average molecular weight is 298 g/mol. The van der Waals surface area contributed by atoms with E-state index in [-0.39, 0.29) is 17.3 Å². The fourth-order valence-electron chi connectivity index (χ4n) is 2.52. The van der Waals surface area contributed by atoms with Crippen LogP contribution in [0.2, 0.25) is 0 Å². The summed E-state index contributed by atoms with van der Waals surface area (Å²) in [5, 5.41) is 2.84. The lowest BCUT2D eigenvalue weighted by atomic mass is 9.94. The number of aromatic nitrogens is 2. The van der Waals surface area contributed by atoms with Gasteiger partial charge in [0.05, 0.1) is 11.2 Å². The number of H-pyrrole nitrogens is 1. The zero-order valence-corrected chi connectivity index (χ0v) is 12.6. The molecule has 0 bridgehead atoms. The van der Waals surface area contributed by atoms with Gasteiger partial charge in [0.25, 0.3) is 5.56 Å². The molecule has 6 heteroatoms. The van der Waals surface area contributed by atoms with Gasteiger partial charge in [-0.15, -0.1) is 11.6 Å². The minimum atomic E-state index is -0.697. The van der Waals surface area contributed by atoms with E-state index in [4.69, 9.17) is 11.6 Å². The van der Waals surface area contributed by atoms with Crippen LogP contribution in [0.4, 0.5) is 0 Å². The predicted molar refractivity (Wildman–Crippen MR) is 78.0 cm³/mol. The number of amides is 1. The molecule has 1 aliphatic carbocycles. The lowest BCUT2D eigenvalue weighted by Crippen LogP contribution is -2.46. The summed E-state index contributed by atoms with van der Waals surface area (Å²) in [6.45, 7) is 3.79. The number of aryl methyl sites for hydroxylation is 1. The van der Waals surface area contributed by atoms with Gasteiger partial charge in [-0.1, -0.05) is 6.92 Å². The lowest BCUT2D eigenvalue weighted by Gasteiger charge is -2.29. The van der Waals surface area contributed by atoms with Gasteiger partial charge in [0.2, 0.25) is 5.91 Å². The van der Waals surface area contributed by atoms with Crippen LogP contribution in [0.15, 0.2) is 4.79 Å². The summed E-state index contributed by atoms with van der Waals surface area (Å²) in [5.41, 5.74) is 0.888. The van der Waals surface area contributed by atoms with Crippen molar-refractivity contribution in [3.8, 4) is 0 Å². The first-order chi connectivity index (χ1) is 9.50. The molecule has 0 saturated heterocycles. The SMILES string of the molecule is CCC(C)(NC(=O)CCl)c1nc2c(c(=O)[nH]1)CCCC2. The number of hydrogen-bond donors (Lipinski definition) is 2. The highest BCUT2D eigenvalue weighted by Gasteiger charge is 2.30. The molecule has 5 nitrogen and oxygen atoms in total. The highest BCUT2D eigenvalue weighted by molar-refractivity contribution is 6.27. The summed E-state index contributed by atoms with van der Waals surface area (Å²) in [6, 6.07) is 0. The number of aromatic amines is 1. The van der Waals surface area contributed by atoms with Crippen LogP contribution in [0.1, 0.15) is 50.2 Å². The summed E-state index contributed by atoms with van der Waals surface area (Å²) in [4.78, 5) is 31.2. The van der Waals surface area contributed by atoms with Crippen molar-refractivity contribution in [2.75, 3.05) is 5.88 Å². The summed E-state index contributed by atoms with van der Waals surface area (Å²) >= 11 is 5.54. The number of nitrogens with one attached hydrogen (secondary N) is 2. The van der Waals surface area contributed by atoms with Crippen LogP contribution in [-0.4, -0.2) is 21.8 Å². The molecule has 1 unspecified atom stereocenters. The van der Waals surface area contributed by atoms with E-state index in [1.54, 1.807) is 0 Å². The highest BCUT2D eigenvalue weighted by Crippen LogP contribution is 2.23. The normalized spacial score (nSPS) is 17.1. The van der Waals surface area contributed by atoms with Crippen LogP contribution in [0.3, 0.4) is 0 Å². The van der Waals surface area contributed by atoms with Crippen LogP contribution in [0, 0.1) is 0 Å². The standard InChI is InChI=1S/C14H20ClN3O2/c1-3-14(2,18-11(19)8-15)13-16-10-7-5-4-6-9(10)12(20)17-13/h3-8H2,1-2H3,(H,18,19)(H,16,17,20). The molecular formula is C14H20ClN3O2. The Morgan fingerprint density at radius 1 is 1.45 bits per heavy atom. The second-order valence-corrected chi connectivity index (χ2v) is 5.68. The van der Waals surface area contributed by atoms with E-state index in [1.807, 2.05) is 13.8 Å². The maximum atomic E-state index is 12.2. The van der Waals surface area contributed by atoms with E-state index in [0.717, 1.165) is 36.9 Å². The van der Waals surface area contributed by atoms with Crippen LogP contribution in [-0.2, 0) is 23.2 Å². The van der Waals surface area contributed by atoms with E-state index in [9.17, 15) is 9.59 Å². The number of rotatable bonds is 4. The molecule has 1 aromatic heterocycles. The smallest absolute Gasteiger partial charge is 0.254 e. The van der Waals surface area contributed by atoms with Gasteiger partial charge in [0, 0.05) is 5.56 Å². The topological polar surface area (TPSA) is 74.8 Å². The first kappa shape index (κ1) is 15.0. The Bertz CT molecular complexity index is 570. The van der Waals surface area contributed by atoms with Gasteiger partial charge < -0.3 is 10.3 Å². The minimum absolute atomic E-state index is 0.0792. The molecule has 2 rings (SSSR count). The van der Waals surface area contributed by atoms with E-state index in [0.29, 0.717) is 12.2 Å². The molecule has 2 N–H and O–H groups in total. The first-order valence-corrected chi connectivity index (χ1v) is 7.53. The maximum absolute atomic E-state index is 12.2. The Hall–Kier alpha value is -1.36. The Kier molecular flexibility index (Phi) is 4.48. The molecule has 0 spiro atoms. The fourth-order valence-corrected chi connectivity index (χ4v) is 2.59. The lowest BCUT2D eigenvalue weighted by molar-refractivity contribution is -0.120. The van der Waals surface area contributed by atoms with Gasteiger partial charge in [-0.25, -0.2) is 4.98 Å². The third-order valence-electron chi connectivity index (χ3n) is 3.96. The summed E-state index contributed by atoms with van der Waals surface area (Å²) < 4.78 is 0. The van der Waals surface area contributed by atoms with Gasteiger partial charge in [-0.3, -0.25) is 9.59 Å². The van der Waals surface area contributed by atoms with Crippen molar-refractivity contribution in [2.45, 2.75) is 51.5 Å². The van der Waals surface area contributed by atoms with Crippen LogP contribution >= 0.6 is 11.6 Å². The molecule has 0 aromatic carbocycles. The van der Waals surface area contributed by atoms with E-state index in [2.05, 4.69) is 15.3 Å². The van der Waals surface area contributed by atoms with Crippen molar-refractivity contribution >= 4 is 17.5 Å². The second kappa shape index (κ2) is 5.95. The van der Waals surface area contributed by atoms with E-state index >= 15 is 0 Å². The maximum Gasteiger partial charge on any atom is 0.254 e. The third kappa shape index (κ3) is 2.87. The number of hydrogen-bond acceptors (Lipinski definition) is 3. The fraction of sp³-hybridized carbons (Fsp3) is 0.643. The Balaban J connectivity index is 2.42. The monoisotopic (exact) mass is 297 g/mol. The third-order valence-corrected chi connectivity index (χ3v) is 4.20. The first-order valence-electron chi connectivity index (χ1n) is 6.99. The Morgan fingerprint density at radius 2 is 2.15 bits per heavy atom. The van der Waals surface area contributed by atoms with Gasteiger partial charge in [0.15, 0.2) is 0 Å². The van der Waals surface area contributed by atoms with Gasteiger partial charge in [-0.2, -0.15) is 0 Å². The Labute approximate surface area is 123 Å². The number of carbonyl (C=O) groups is 1. The van der Waals surface area contributed by atoms with Crippen molar-refractivity contribution in [3.63, 3.8) is 0 Å². The van der Waals surface area contributed by atoms with Gasteiger partial charge >= 0.3 is 0 Å². The number of nitrogens with zero attached hydrogens (tertiary/aromatic N) is 1. The number of halogens is 1. The zero-order valence-electron chi connectivity index (χ0n) is 11.9. The van der Waals surface area contributed by atoms with Crippen molar-refractivity contribution < 1.29 is 4.79 Å². The molecule has 20 heavy (non-hydrogen) atoms. The molecule has 1 atom stereocenters. The molecule has 1 heterocycles. The van der Waals surface area contributed by atoms with Crippen molar-refractivity contribution in [2.24, 2.45) is 0 Å². The summed E-state index contributed by atoms with van der Waals surface area (Å²) in [7, 11) is 0. The van der Waals surface area contributed by atoms with Crippen LogP contribution in [0.25, 0.3) is 0 Å². The molecule has 0 fully saturated rings. The predicted octanol–water partition coefficient (Wildman–Crippen LogP) is 1.63. The molecule has 0 saturated carbocycles. The molecule has 1 aromatic rings. The molecule has 110 valence electrons. The zero-order chi connectivity index (χ0) is 14.8. The van der Waals surface area contributed by atoms with Crippen molar-refractivity contribution in [1.29, 1.82) is 0 Å². The number of carbonyl (C=O) groups excluding carboxylic acids is 1. The molecule has 1 amide bonds.